The van der Waals surface area contributed by atoms with Crippen LogP contribution in [0.3, 0.4) is 0 Å². The molecule has 0 spiro atoms. The van der Waals surface area contributed by atoms with Crippen molar-refractivity contribution in [1.82, 2.24) is 16.0 Å². The molecule has 3 unspecified atom stereocenters. The summed E-state index contributed by atoms with van der Waals surface area (Å²) in [6.07, 6.45) is 28.3. The second-order valence-corrected chi connectivity index (χ2v) is 45.3. The molecule has 12 saturated carbocycles. The fourth-order valence-electron chi connectivity index (χ4n) is 28.9. The van der Waals surface area contributed by atoms with Crippen molar-refractivity contribution in [2.75, 3.05) is 36.9 Å². The van der Waals surface area contributed by atoms with E-state index in [0.29, 0.717) is 131 Å². The zero-order valence-corrected chi connectivity index (χ0v) is 72.4. The van der Waals surface area contributed by atoms with Crippen molar-refractivity contribution < 1.29 is 87.7 Å². The van der Waals surface area contributed by atoms with Crippen molar-refractivity contribution in [1.29, 1.82) is 0 Å². The largest absolute Gasteiger partial charge is 0.463 e. The Kier molecular flexibility index (Phi) is 28.5. The van der Waals surface area contributed by atoms with Crippen LogP contribution in [-0.2, 0) is 59.0 Å². The van der Waals surface area contributed by atoms with Gasteiger partial charge in [-0.05, 0) is 324 Å². The van der Waals surface area contributed by atoms with Gasteiger partial charge in [-0.15, -0.1) is 0 Å². The van der Waals surface area contributed by atoms with Gasteiger partial charge in [0.05, 0.1) is 41.1 Å². The van der Waals surface area contributed by atoms with E-state index >= 15 is 0 Å². The predicted molar refractivity (Wildman–Crippen MR) is 434 cm³/mol. The highest BCUT2D eigenvalue weighted by Crippen LogP contribution is 2.72. The second kappa shape index (κ2) is 35.9. The van der Waals surface area contributed by atoms with E-state index < -0.39 is 47.6 Å². The number of carbonyl (C=O) groups excluding carboxylic acids is 5. The molecular formula is C88H143N3O19S3. The third-order valence-electron chi connectivity index (χ3n) is 34.6. The Hall–Kier alpha value is -3.82. The topological polar surface area (TPSA) is 364 Å². The normalized spacial score (nSPS) is 41.7. The monoisotopic (exact) mass is 1640 g/mol. The first kappa shape index (κ1) is 90.0. The third-order valence-corrected chi connectivity index (χ3v) is 36.8. The maximum atomic E-state index is 12.7. The molecule has 0 aliphatic heterocycles. The molecule has 22 nitrogen and oxygen atoms in total. The summed E-state index contributed by atoms with van der Waals surface area (Å²) in [7, 11) is -12.2. The van der Waals surface area contributed by atoms with Gasteiger partial charge in [0, 0.05) is 45.8 Å². The SMILES string of the molecule is CC(=O)O[C@@H]1CC[C@@]2(C)C(C1)C[C@H](O)[C@H]1[C@@H]3CC[C@H]([C@H](C)CCC(=O)NCCS(=O)(=O)O)[C@@]3(C)CC[C@@H]12.C[C@@H]1CC[C@@]2(C)C(C1)C[C@H](O)[C@H]1[C@@H]3CC[C@H]([C@H](C)CCC(=O)NCCS(=O)(=O)O)[C@@]3(C)CC[C@@H]12.C[C@H](CCC(=O)NCCS(=O)(=O)O)[C@H]1CC[C@H]2[C@@H]3[C@@H](O)CC4C[C@H](OC(=O)c5ccccc5)CC[C@]4(C)[C@H]3CC[C@]12C. The van der Waals surface area contributed by atoms with E-state index in [2.05, 4.69) is 85.2 Å². The average molecular weight is 1640 g/mol. The molecule has 3 amide bonds. The van der Waals surface area contributed by atoms with Crippen molar-refractivity contribution in [3.05, 3.63) is 35.9 Å². The summed E-state index contributed by atoms with van der Waals surface area (Å²) in [5, 5.41) is 42.4. The minimum Gasteiger partial charge on any atom is -0.463 e. The van der Waals surface area contributed by atoms with Crippen LogP contribution in [0, 0.1) is 145 Å². The first-order valence-corrected chi connectivity index (χ1v) is 48.9. The first-order valence-electron chi connectivity index (χ1n) is 44.0. The lowest BCUT2D eigenvalue weighted by Gasteiger charge is -2.62. The molecule has 13 rings (SSSR count). The van der Waals surface area contributed by atoms with E-state index in [4.69, 9.17) is 23.1 Å². The van der Waals surface area contributed by atoms with Crippen LogP contribution in [0.1, 0.15) is 279 Å². The Morgan fingerprint density at radius 1 is 0.416 bits per heavy atom. The summed E-state index contributed by atoms with van der Waals surface area (Å²) in [5.74, 6) is 6.70. The summed E-state index contributed by atoms with van der Waals surface area (Å²) in [6, 6.07) is 9.18. The first-order chi connectivity index (χ1) is 52.9. The number of rotatable bonds is 24. The molecular weight excluding hydrogens is 1500 g/mol. The summed E-state index contributed by atoms with van der Waals surface area (Å²) >= 11 is 0. The van der Waals surface area contributed by atoms with E-state index in [1.54, 1.807) is 12.1 Å². The molecule has 9 N–H and O–H groups in total. The van der Waals surface area contributed by atoms with Crippen molar-refractivity contribution in [3.8, 4) is 0 Å². The number of carbonyl (C=O) groups is 5. The van der Waals surface area contributed by atoms with E-state index in [1.807, 2.05) is 18.2 Å². The molecule has 0 bridgehead atoms. The minimum absolute atomic E-state index is 0.0184. The average Bonchev–Trinajstić information content (AvgIpc) is 1.70. The maximum absolute atomic E-state index is 12.7. The summed E-state index contributed by atoms with van der Waals surface area (Å²) in [6.45, 7) is 25.2. The number of hydrogen-bond donors (Lipinski definition) is 9. The zero-order chi connectivity index (χ0) is 82.3. The number of hydrogen-bond acceptors (Lipinski definition) is 16. The van der Waals surface area contributed by atoms with Crippen LogP contribution in [-0.4, -0.2) is 151 Å². The number of fused-ring (bicyclic) bond motifs is 15. The van der Waals surface area contributed by atoms with Gasteiger partial charge < -0.3 is 40.7 Å². The molecule has 0 radical (unpaired) electrons. The Balaban J connectivity index is 0.000000168. The molecule has 12 aliphatic carbocycles. The van der Waals surface area contributed by atoms with Crippen LogP contribution in [0.15, 0.2) is 30.3 Å². The van der Waals surface area contributed by atoms with Gasteiger partial charge in [-0.2, -0.15) is 25.3 Å². The molecule has 25 heteroatoms. The van der Waals surface area contributed by atoms with Gasteiger partial charge in [0.25, 0.3) is 30.4 Å². The minimum atomic E-state index is -4.09. The van der Waals surface area contributed by atoms with Crippen molar-refractivity contribution in [2.45, 2.75) is 299 Å². The molecule has 642 valence electrons. The van der Waals surface area contributed by atoms with Gasteiger partial charge in [-0.3, -0.25) is 32.8 Å². The van der Waals surface area contributed by atoms with Gasteiger partial charge in [-0.25, -0.2) is 4.79 Å². The fourth-order valence-corrected chi connectivity index (χ4v) is 30.0. The fraction of sp³-hybridized carbons (Fsp3) is 0.875. The Morgan fingerprint density at radius 3 is 1.04 bits per heavy atom. The lowest BCUT2D eigenvalue weighted by Crippen LogP contribution is -2.58. The zero-order valence-electron chi connectivity index (χ0n) is 69.9. The van der Waals surface area contributed by atoms with E-state index in [1.165, 1.54) is 51.9 Å². The highest BCUT2D eigenvalue weighted by Gasteiger charge is 2.67. The standard InChI is InChI=1S/C33H49NO7S.C28H47NO7S.C27H47NO5S/c1-21(9-12-29(36)34-17-18-42(38,39)40)25-10-11-26-30-27(14-16-33(25,26)3)32(2)15-13-24(19-23(32)20-28(30)35)41-31(37)22-7-5-4-6-8-22;1-17(5-8-25(32)29-13-14-37(33,34)35)21-6-7-22-26-23(10-12-28(21,22)4)27(3)11-9-20(36-18(2)30)15-19(27)16-24(26)31;1-17-9-11-26(3)19(15-17)16-23(29)25-21-7-6-20(27(21,4)12-10-22(25)26)18(2)5-8-24(30)28-13-14-34(31,32)33/h4-8,21,23-28,30,35H,9-20H2,1-3H3,(H,34,36)(H,38,39,40);17,19-24,26,31H,5-16H2,1-4H3,(H,29,32)(H,33,34,35);17-23,25,29H,5-16H2,1-4H3,(H,28,30)(H,31,32,33)/t21-,23?,24-,25-,26+,27+,28+,30+,32+,33-;17-,19?,20-,21-,22+,23+,24+,26+,27+,28-;17-,18-,19?,20-,21+,22+,23+,25+,26+,27-/m111/s1. The number of amides is 3. The molecule has 1 aromatic rings. The molecule has 12 aliphatic rings. The summed E-state index contributed by atoms with van der Waals surface area (Å²) < 4.78 is 103. The smallest absolute Gasteiger partial charge is 0.338 e. The Labute approximate surface area is 676 Å². The van der Waals surface area contributed by atoms with Crippen LogP contribution in [0.4, 0.5) is 0 Å². The molecule has 1 aromatic carbocycles. The quantitative estimate of drug-likeness (QED) is 0.0343. The Morgan fingerprint density at radius 2 is 0.717 bits per heavy atom. The number of aliphatic hydroxyl groups is 3. The van der Waals surface area contributed by atoms with Gasteiger partial charge in [0.2, 0.25) is 17.7 Å². The lowest BCUT2D eigenvalue weighted by molar-refractivity contribution is -0.182. The third kappa shape index (κ3) is 20.0. The van der Waals surface area contributed by atoms with E-state index in [-0.39, 0.29) is 113 Å². The molecule has 0 aromatic heterocycles. The molecule has 12 fully saturated rings. The van der Waals surface area contributed by atoms with Gasteiger partial charge >= 0.3 is 11.9 Å². The van der Waals surface area contributed by atoms with Crippen LogP contribution in [0.5, 0.6) is 0 Å². The number of aliphatic hydroxyl groups excluding tert-OH is 3. The summed E-state index contributed by atoms with van der Waals surface area (Å²) in [5.41, 5.74) is 1.83. The highest BCUT2D eigenvalue weighted by atomic mass is 32.2. The molecule has 0 saturated heterocycles. The maximum Gasteiger partial charge on any atom is 0.338 e. The molecule has 30 atom stereocenters. The number of benzene rings is 1. The van der Waals surface area contributed by atoms with Gasteiger partial charge in [-0.1, -0.05) is 93.9 Å². The van der Waals surface area contributed by atoms with Crippen LogP contribution >= 0.6 is 0 Å². The highest BCUT2D eigenvalue weighted by molar-refractivity contribution is 7.86. The van der Waals surface area contributed by atoms with Crippen LogP contribution < -0.4 is 16.0 Å². The molecule has 113 heavy (non-hydrogen) atoms. The molecule has 0 heterocycles. The predicted octanol–water partition coefficient (Wildman–Crippen LogP) is 13.9. The van der Waals surface area contributed by atoms with Gasteiger partial charge in [0.15, 0.2) is 0 Å². The van der Waals surface area contributed by atoms with E-state index in [0.717, 1.165) is 134 Å². The van der Waals surface area contributed by atoms with Crippen LogP contribution in [0.25, 0.3) is 0 Å². The number of nitrogens with one attached hydrogen (secondary N) is 3. The van der Waals surface area contributed by atoms with Crippen molar-refractivity contribution >= 4 is 60.0 Å². The summed E-state index contributed by atoms with van der Waals surface area (Å²) in [4.78, 5) is 61.0. The van der Waals surface area contributed by atoms with Crippen LogP contribution in [0.2, 0.25) is 0 Å². The Bertz CT molecular complexity index is 3830. The number of ether oxygens (including phenoxy) is 2. The van der Waals surface area contributed by atoms with Crippen molar-refractivity contribution in [3.63, 3.8) is 0 Å². The van der Waals surface area contributed by atoms with Crippen molar-refractivity contribution in [2.24, 2.45) is 145 Å². The van der Waals surface area contributed by atoms with E-state index in [9.17, 15) is 64.5 Å². The lowest BCUT2D eigenvalue weighted by atomic mass is 9.43. The second-order valence-electron chi connectivity index (χ2n) is 40.6. The number of esters is 2. The van der Waals surface area contributed by atoms with Gasteiger partial charge in [0.1, 0.15) is 12.2 Å².